The zero-order valence-corrected chi connectivity index (χ0v) is 23.9. The summed E-state index contributed by atoms with van der Waals surface area (Å²) >= 11 is 4.19. The van der Waals surface area contributed by atoms with Gasteiger partial charge in [0.15, 0.2) is 0 Å². The number of unbranched alkanes of at least 4 members (excludes halogenated alkanes) is 16. The average molecular weight is 492 g/mol. The minimum absolute atomic E-state index is 1.00. The van der Waals surface area contributed by atoms with Crippen LogP contribution in [0, 0.1) is 6.92 Å². The summed E-state index contributed by atoms with van der Waals surface area (Å²) in [6, 6.07) is 6.99. The van der Waals surface area contributed by atoms with Crippen molar-refractivity contribution in [2.45, 2.75) is 152 Å². The Morgan fingerprint density at radius 1 is 0.545 bits per heavy atom. The molecule has 0 aliphatic carbocycles. The van der Waals surface area contributed by atoms with Gasteiger partial charge in [-0.05, 0) is 54.9 Å². The van der Waals surface area contributed by atoms with Crippen LogP contribution in [0.2, 0.25) is 0 Å². The Morgan fingerprint density at radius 2 is 0.909 bits per heavy atom. The van der Waals surface area contributed by atoms with Crippen LogP contribution in [-0.4, -0.2) is 11.5 Å². The van der Waals surface area contributed by atoms with Gasteiger partial charge >= 0.3 is 0 Å². The Bertz CT molecular complexity index is 497. The summed E-state index contributed by atoms with van der Waals surface area (Å²) in [6.45, 7) is 8.75. The van der Waals surface area contributed by atoms with Gasteiger partial charge in [-0.15, -0.1) is 23.5 Å². The summed E-state index contributed by atoms with van der Waals surface area (Å²) in [5.74, 6) is 2.54. The molecular formula is C31H55S2. The third-order valence-corrected chi connectivity index (χ3v) is 8.90. The van der Waals surface area contributed by atoms with E-state index in [9.17, 15) is 0 Å². The third-order valence-electron chi connectivity index (χ3n) is 6.53. The van der Waals surface area contributed by atoms with Gasteiger partial charge in [0, 0.05) is 9.79 Å². The smallest absolute Gasteiger partial charge is 0.0115 e. The number of rotatable bonds is 24. The van der Waals surface area contributed by atoms with Crippen LogP contribution in [0.4, 0.5) is 0 Å². The van der Waals surface area contributed by atoms with Crippen LogP contribution in [0.5, 0.6) is 0 Å². The van der Waals surface area contributed by atoms with Crippen LogP contribution in [0.25, 0.3) is 0 Å². The third kappa shape index (κ3) is 17.1. The molecule has 0 atom stereocenters. The zero-order valence-electron chi connectivity index (χ0n) is 22.3. The molecule has 0 aromatic heterocycles. The molecule has 0 fully saturated rings. The second-order valence-electron chi connectivity index (χ2n) is 9.69. The minimum atomic E-state index is 1.00. The molecule has 2 heteroatoms. The van der Waals surface area contributed by atoms with Crippen LogP contribution in [0.3, 0.4) is 0 Å². The maximum absolute atomic E-state index is 4.16. The number of benzene rings is 1. The van der Waals surface area contributed by atoms with E-state index in [2.05, 4.69) is 62.5 Å². The Kier molecular flexibility index (Phi) is 22.2. The summed E-state index contributed by atoms with van der Waals surface area (Å²) in [5.41, 5.74) is 1.58. The van der Waals surface area contributed by atoms with E-state index >= 15 is 0 Å². The van der Waals surface area contributed by atoms with Gasteiger partial charge in [0.1, 0.15) is 0 Å². The lowest BCUT2D eigenvalue weighted by atomic mass is 10.1. The molecule has 33 heavy (non-hydrogen) atoms. The molecule has 0 amide bonds. The molecule has 0 saturated heterocycles. The second kappa shape index (κ2) is 23.7. The van der Waals surface area contributed by atoms with Gasteiger partial charge in [0.05, 0.1) is 0 Å². The first-order valence-corrected chi connectivity index (χ1v) is 16.5. The largest absolute Gasteiger partial charge is 0.126 e. The fraction of sp³-hybridized carbons (Fsp3) is 0.774. The van der Waals surface area contributed by atoms with Gasteiger partial charge in [-0.25, -0.2) is 0 Å². The van der Waals surface area contributed by atoms with Gasteiger partial charge < -0.3 is 0 Å². The van der Waals surface area contributed by atoms with E-state index in [4.69, 9.17) is 0 Å². The summed E-state index contributed by atoms with van der Waals surface area (Å²) in [7, 11) is 0. The highest BCUT2D eigenvalue weighted by molar-refractivity contribution is 8.00. The van der Waals surface area contributed by atoms with Gasteiger partial charge in [-0.1, -0.05) is 130 Å². The van der Waals surface area contributed by atoms with E-state index in [1.54, 1.807) is 5.56 Å². The quantitative estimate of drug-likeness (QED) is 0.104. The maximum Gasteiger partial charge on any atom is 0.0115 e. The molecule has 0 heterocycles. The van der Waals surface area contributed by atoms with Crippen molar-refractivity contribution >= 4 is 23.5 Å². The minimum Gasteiger partial charge on any atom is -0.126 e. The van der Waals surface area contributed by atoms with E-state index in [-0.39, 0.29) is 0 Å². The molecular weight excluding hydrogens is 436 g/mol. The van der Waals surface area contributed by atoms with E-state index in [0.717, 1.165) is 12.8 Å². The zero-order chi connectivity index (χ0) is 23.8. The predicted octanol–water partition coefficient (Wildman–Crippen LogP) is 11.7. The molecule has 1 radical (unpaired) electrons. The molecule has 0 saturated carbocycles. The monoisotopic (exact) mass is 491 g/mol. The molecule has 0 N–H and O–H groups in total. The van der Waals surface area contributed by atoms with Crippen molar-refractivity contribution < 1.29 is 0 Å². The molecule has 0 spiro atoms. The van der Waals surface area contributed by atoms with Gasteiger partial charge in [0.2, 0.25) is 0 Å². The first kappa shape index (κ1) is 31.0. The van der Waals surface area contributed by atoms with Gasteiger partial charge in [-0.2, -0.15) is 0 Å². The fourth-order valence-corrected chi connectivity index (χ4v) is 6.75. The molecule has 0 aliphatic heterocycles. The van der Waals surface area contributed by atoms with Gasteiger partial charge in [-0.3, -0.25) is 0 Å². The van der Waals surface area contributed by atoms with Gasteiger partial charge in [0.25, 0.3) is 0 Å². The number of hydrogen-bond acceptors (Lipinski definition) is 2. The lowest BCUT2D eigenvalue weighted by Gasteiger charge is -2.14. The summed E-state index contributed by atoms with van der Waals surface area (Å²) in [6.07, 6.45) is 27.6. The Balaban J connectivity index is 2.22. The summed E-state index contributed by atoms with van der Waals surface area (Å²) < 4.78 is 0. The fourth-order valence-electron chi connectivity index (χ4n) is 4.43. The van der Waals surface area contributed by atoms with Crippen molar-refractivity contribution in [1.82, 2.24) is 0 Å². The Morgan fingerprint density at radius 3 is 1.27 bits per heavy atom. The van der Waals surface area contributed by atoms with E-state index in [1.807, 2.05) is 0 Å². The van der Waals surface area contributed by atoms with E-state index in [1.165, 1.54) is 137 Å². The maximum atomic E-state index is 4.16. The predicted molar refractivity (Wildman–Crippen MR) is 156 cm³/mol. The highest BCUT2D eigenvalue weighted by Gasteiger charge is 2.09. The molecule has 1 aromatic rings. The first-order valence-electron chi connectivity index (χ1n) is 14.5. The molecule has 191 valence electrons. The highest BCUT2D eigenvalue weighted by atomic mass is 32.2. The van der Waals surface area contributed by atoms with Crippen molar-refractivity contribution in [3.05, 3.63) is 30.7 Å². The lowest BCUT2D eigenvalue weighted by molar-refractivity contribution is 0.573. The number of thioether (sulfide) groups is 2. The van der Waals surface area contributed by atoms with Crippen LogP contribution in [0.15, 0.2) is 28.0 Å². The molecule has 1 aromatic carbocycles. The van der Waals surface area contributed by atoms with Crippen molar-refractivity contribution in [1.29, 1.82) is 0 Å². The van der Waals surface area contributed by atoms with Crippen LogP contribution >= 0.6 is 23.5 Å². The Hall–Kier alpha value is -0.0800. The van der Waals surface area contributed by atoms with Crippen molar-refractivity contribution in [2.75, 3.05) is 11.5 Å². The standard InChI is InChI=1S/C31H55S2/c1-4-7-9-11-13-15-17-19-21-27-32-30-25-23-26-31(29(30)24-6-3)33-28-22-20-18-16-14-12-10-8-5-2/h23,25-26H,3-22,24,27-28H2,1-2H3. The summed E-state index contributed by atoms with van der Waals surface area (Å²) in [5, 5.41) is 0. The average Bonchev–Trinajstić information content (AvgIpc) is 2.83. The SMILES string of the molecule is [CH2]CCc1c(SCCCCCCCCCCC)cccc1SCCCCCCCCCCC. The second-order valence-corrected chi connectivity index (χ2v) is 12.0. The van der Waals surface area contributed by atoms with E-state index in [0.29, 0.717) is 0 Å². The number of hydrogen-bond donors (Lipinski definition) is 0. The first-order chi connectivity index (χ1) is 16.3. The topological polar surface area (TPSA) is 0 Å². The van der Waals surface area contributed by atoms with Crippen LogP contribution in [-0.2, 0) is 6.42 Å². The van der Waals surface area contributed by atoms with Crippen molar-refractivity contribution in [2.24, 2.45) is 0 Å². The van der Waals surface area contributed by atoms with Crippen LogP contribution < -0.4 is 0 Å². The molecule has 0 bridgehead atoms. The molecule has 0 aliphatic rings. The normalized spacial score (nSPS) is 11.4. The van der Waals surface area contributed by atoms with Crippen molar-refractivity contribution in [3.8, 4) is 0 Å². The van der Waals surface area contributed by atoms with Crippen molar-refractivity contribution in [3.63, 3.8) is 0 Å². The Labute approximate surface area is 217 Å². The van der Waals surface area contributed by atoms with E-state index < -0.39 is 0 Å². The summed E-state index contributed by atoms with van der Waals surface area (Å²) in [4.78, 5) is 3.05. The lowest BCUT2D eigenvalue weighted by Crippen LogP contribution is -1.94. The molecule has 0 nitrogen and oxygen atoms in total. The highest BCUT2D eigenvalue weighted by Crippen LogP contribution is 2.33. The molecule has 1 rings (SSSR count). The van der Waals surface area contributed by atoms with Crippen LogP contribution in [0.1, 0.15) is 141 Å². The molecule has 0 unspecified atom stereocenters.